The van der Waals surface area contributed by atoms with Gasteiger partial charge in [0.1, 0.15) is 11.3 Å². The summed E-state index contributed by atoms with van der Waals surface area (Å²) in [5.74, 6) is -1.26. The molecule has 0 atom stereocenters. The molecule has 2 heterocycles. The highest BCUT2D eigenvalue weighted by Gasteiger charge is 2.29. The first-order valence-corrected chi connectivity index (χ1v) is 8.83. The Morgan fingerprint density at radius 2 is 1.70 bits per heavy atom. The van der Waals surface area contributed by atoms with Crippen molar-refractivity contribution in [2.24, 2.45) is 0 Å². The zero-order valence-corrected chi connectivity index (χ0v) is 16.1. The third-order valence-electron chi connectivity index (χ3n) is 4.35. The second-order valence-electron chi connectivity index (χ2n) is 6.34. The molecule has 1 aliphatic heterocycles. The second-order valence-corrected chi connectivity index (χ2v) is 6.34. The molecular weight excluding hydrogens is 354 g/mol. The minimum Gasteiger partial charge on any atom is -0.462 e. The summed E-state index contributed by atoms with van der Waals surface area (Å²) in [6.45, 7) is 8.54. The van der Waals surface area contributed by atoms with E-state index in [-0.39, 0.29) is 53.5 Å². The van der Waals surface area contributed by atoms with Crippen LogP contribution >= 0.6 is 0 Å². The molecule has 27 heavy (non-hydrogen) atoms. The van der Waals surface area contributed by atoms with Crippen molar-refractivity contribution in [3.8, 4) is 0 Å². The number of amides is 2. The Bertz CT molecular complexity index is 747. The molecule has 0 aliphatic carbocycles. The van der Waals surface area contributed by atoms with Crippen LogP contribution in [0.15, 0.2) is 4.42 Å². The predicted octanol–water partition coefficient (Wildman–Crippen LogP) is 1.07. The number of aryl methyl sites for hydroxylation is 1. The lowest BCUT2D eigenvalue weighted by Crippen LogP contribution is -2.49. The van der Waals surface area contributed by atoms with Crippen molar-refractivity contribution in [2.45, 2.75) is 27.7 Å². The molecule has 0 aromatic carbocycles. The minimum atomic E-state index is -0.718. The molecule has 2 rings (SSSR count). The Morgan fingerprint density at radius 1 is 1.07 bits per heavy atom. The highest BCUT2D eigenvalue weighted by atomic mass is 16.5. The Labute approximate surface area is 157 Å². The summed E-state index contributed by atoms with van der Waals surface area (Å²) >= 11 is 0. The van der Waals surface area contributed by atoms with E-state index < -0.39 is 5.97 Å². The molecular formula is C18H25N3O6. The molecule has 0 saturated carbocycles. The molecule has 2 amide bonds. The molecule has 1 aromatic rings. The molecule has 0 bridgehead atoms. The maximum Gasteiger partial charge on any atom is 0.344 e. The smallest absolute Gasteiger partial charge is 0.344 e. The number of ether oxygens (including phenoxy) is 1. The maximum atomic E-state index is 12.4. The fourth-order valence-electron chi connectivity index (χ4n) is 3.04. The lowest BCUT2D eigenvalue weighted by Gasteiger charge is -2.33. The predicted molar refractivity (Wildman–Crippen MR) is 96.7 cm³/mol. The lowest BCUT2D eigenvalue weighted by molar-refractivity contribution is -0.130. The van der Waals surface area contributed by atoms with Crippen molar-refractivity contribution in [2.75, 3.05) is 44.6 Å². The van der Waals surface area contributed by atoms with Gasteiger partial charge >= 0.3 is 5.97 Å². The number of hydrogen-bond donors (Lipinski definition) is 1. The van der Waals surface area contributed by atoms with Gasteiger partial charge in [-0.1, -0.05) is 0 Å². The van der Waals surface area contributed by atoms with Crippen LogP contribution in [-0.4, -0.2) is 72.7 Å². The van der Waals surface area contributed by atoms with Crippen LogP contribution in [0.1, 0.15) is 47.2 Å². The Balaban J connectivity index is 2.09. The average molecular weight is 379 g/mol. The normalized spacial score (nSPS) is 14.7. The SMILES string of the molecule is CCOC(=O)c1c(NC(=O)CN2CCN(C(C)=O)CC2)oc(C)c1C(C)=O. The van der Waals surface area contributed by atoms with Crippen LogP contribution in [0.2, 0.25) is 0 Å². The number of carbonyl (C=O) groups is 4. The number of hydrogen-bond acceptors (Lipinski definition) is 7. The summed E-state index contributed by atoms with van der Waals surface area (Å²) in [5.41, 5.74) is 0.0513. The van der Waals surface area contributed by atoms with Gasteiger partial charge in [-0.25, -0.2) is 4.79 Å². The summed E-state index contributed by atoms with van der Waals surface area (Å²) in [7, 11) is 0. The highest BCUT2D eigenvalue weighted by molar-refractivity contribution is 6.10. The van der Waals surface area contributed by atoms with Gasteiger partial charge in [0.05, 0.1) is 18.7 Å². The van der Waals surface area contributed by atoms with E-state index in [1.807, 2.05) is 4.90 Å². The van der Waals surface area contributed by atoms with Gasteiger partial charge in [0.25, 0.3) is 0 Å². The molecule has 1 N–H and O–H groups in total. The lowest BCUT2D eigenvalue weighted by atomic mass is 10.1. The van der Waals surface area contributed by atoms with E-state index in [0.29, 0.717) is 26.2 Å². The Hall–Kier alpha value is -2.68. The van der Waals surface area contributed by atoms with Crippen molar-refractivity contribution in [3.05, 3.63) is 16.9 Å². The van der Waals surface area contributed by atoms with E-state index in [2.05, 4.69) is 5.32 Å². The van der Waals surface area contributed by atoms with Crippen LogP contribution in [0.4, 0.5) is 5.88 Å². The zero-order chi connectivity index (χ0) is 20.1. The molecule has 9 heteroatoms. The largest absolute Gasteiger partial charge is 0.462 e. The number of piperazine rings is 1. The summed E-state index contributed by atoms with van der Waals surface area (Å²) in [5, 5.41) is 2.57. The van der Waals surface area contributed by atoms with Gasteiger partial charge in [-0.15, -0.1) is 0 Å². The molecule has 0 radical (unpaired) electrons. The van der Waals surface area contributed by atoms with Crippen molar-refractivity contribution in [3.63, 3.8) is 0 Å². The first-order chi connectivity index (χ1) is 12.7. The highest BCUT2D eigenvalue weighted by Crippen LogP contribution is 2.28. The second kappa shape index (κ2) is 8.81. The number of nitrogens with one attached hydrogen (secondary N) is 1. The number of carbonyl (C=O) groups excluding carboxylic acids is 4. The average Bonchev–Trinajstić information content (AvgIpc) is 2.91. The van der Waals surface area contributed by atoms with Gasteiger partial charge in [0.2, 0.25) is 17.7 Å². The maximum absolute atomic E-state index is 12.4. The van der Waals surface area contributed by atoms with Gasteiger partial charge < -0.3 is 14.1 Å². The molecule has 148 valence electrons. The van der Waals surface area contributed by atoms with E-state index in [1.54, 1.807) is 18.7 Å². The van der Waals surface area contributed by atoms with Crippen molar-refractivity contribution in [1.29, 1.82) is 0 Å². The van der Waals surface area contributed by atoms with Gasteiger partial charge in [-0.2, -0.15) is 0 Å². The summed E-state index contributed by atoms with van der Waals surface area (Å²) in [4.78, 5) is 51.5. The number of nitrogens with zero attached hydrogens (tertiary/aromatic N) is 2. The quantitative estimate of drug-likeness (QED) is 0.581. The number of rotatable bonds is 6. The van der Waals surface area contributed by atoms with E-state index >= 15 is 0 Å². The van der Waals surface area contributed by atoms with E-state index in [0.717, 1.165) is 0 Å². The zero-order valence-electron chi connectivity index (χ0n) is 16.1. The number of esters is 1. The molecule has 1 aliphatic rings. The number of anilines is 1. The Morgan fingerprint density at radius 3 is 2.22 bits per heavy atom. The topological polar surface area (TPSA) is 109 Å². The fraction of sp³-hybridized carbons (Fsp3) is 0.556. The van der Waals surface area contributed by atoms with E-state index in [9.17, 15) is 19.2 Å². The van der Waals surface area contributed by atoms with Crippen molar-refractivity contribution in [1.82, 2.24) is 9.80 Å². The van der Waals surface area contributed by atoms with Gasteiger partial charge in [-0.05, 0) is 20.8 Å². The Kier molecular flexibility index (Phi) is 6.73. The summed E-state index contributed by atoms with van der Waals surface area (Å²) < 4.78 is 10.4. The monoisotopic (exact) mass is 379 g/mol. The van der Waals surface area contributed by atoms with E-state index in [4.69, 9.17) is 9.15 Å². The third kappa shape index (κ3) is 4.94. The molecule has 1 saturated heterocycles. The fourth-order valence-corrected chi connectivity index (χ4v) is 3.04. The molecule has 0 unspecified atom stereocenters. The molecule has 1 fully saturated rings. The summed E-state index contributed by atoms with van der Waals surface area (Å²) in [6, 6.07) is 0. The number of Topliss-reactive ketones (excluding diaryl/α,β-unsaturated/α-hetero) is 1. The molecule has 9 nitrogen and oxygen atoms in total. The van der Waals surface area contributed by atoms with Crippen LogP contribution in [0.5, 0.6) is 0 Å². The van der Waals surface area contributed by atoms with Crippen LogP contribution < -0.4 is 5.32 Å². The third-order valence-corrected chi connectivity index (χ3v) is 4.35. The van der Waals surface area contributed by atoms with Crippen molar-refractivity contribution < 1.29 is 28.3 Å². The standard InChI is InChI=1S/C18H25N3O6/c1-5-26-18(25)16-15(11(2)22)12(3)27-17(16)19-14(24)10-20-6-8-21(9-7-20)13(4)23/h5-10H2,1-4H3,(H,19,24). The first-order valence-electron chi connectivity index (χ1n) is 8.83. The van der Waals surface area contributed by atoms with E-state index in [1.165, 1.54) is 13.8 Å². The van der Waals surface area contributed by atoms with Crippen LogP contribution in [0.3, 0.4) is 0 Å². The number of furan rings is 1. The van der Waals surface area contributed by atoms with Gasteiger partial charge in [0, 0.05) is 33.1 Å². The van der Waals surface area contributed by atoms with Crippen LogP contribution in [0, 0.1) is 6.92 Å². The summed E-state index contributed by atoms with van der Waals surface area (Å²) in [6.07, 6.45) is 0. The van der Waals surface area contributed by atoms with Crippen LogP contribution in [-0.2, 0) is 14.3 Å². The number of ketones is 1. The van der Waals surface area contributed by atoms with Crippen molar-refractivity contribution >= 4 is 29.5 Å². The van der Waals surface area contributed by atoms with Crippen LogP contribution in [0.25, 0.3) is 0 Å². The first kappa shape index (κ1) is 20.6. The molecule has 1 aromatic heterocycles. The van der Waals surface area contributed by atoms with Gasteiger partial charge in [-0.3, -0.25) is 24.6 Å². The molecule has 0 spiro atoms. The minimum absolute atomic E-state index is 0.0148. The van der Waals surface area contributed by atoms with Gasteiger partial charge in [0.15, 0.2) is 5.78 Å².